The number of nitriles is 1. The van der Waals surface area contributed by atoms with Crippen LogP contribution in [0.1, 0.15) is 12.5 Å². The molecule has 3 heteroatoms. The molecular formula is C44H31N3. The van der Waals surface area contributed by atoms with Crippen LogP contribution < -0.4 is 0 Å². The Labute approximate surface area is 273 Å². The van der Waals surface area contributed by atoms with E-state index in [1.54, 1.807) is 12.2 Å². The summed E-state index contributed by atoms with van der Waals surface area (Å²) in [4.78, 5) is 0. The van der Waals surface area contributed by atoms with E-state index in [1.807, 2.05) is 6.08 Å². The second-order valence-electron chi connectivity index (χ2n) is 11.8. The lowest BCUT2D eigenvalue weighted by atomic mass is 9.97. The van der Waals surface area contributed by atoms with Crippen LogP contribution in [0.3, 0.4) is 0 Å². The van der Waals surface area contributed by atoms with Gasteiger partial charge in [0.15, 0.2) is 0 Å². The summed E-state index contributed by atoms with van der Waals surface area (Å²) in [5, 5.41) is 14.6. The van der Waals surface area contributed by atoms with E-state index in [9.17, 15) is 5.26 Å². The van der Waals surface area contributed by atoms with Crippen LogP contribution in [0, 0.1) is 11.3 Å². The van der Waals surface area contributed by atoms with Crippen molar-refractivity contribution in [2.24, 2.45) is 0 Å². The summed E-state index contributed by atoms with van der Waals surface area (Å²) >= 11 is 0. The van der Waals surface area contributed by atoms with E-state index < -0.39 is 0 Å². The van der Waals surface area contributed by atoms with Crippen LogP contribution in [0.25, 0.3) is 71.7 Å². The average Bonchev–Trinajstić information content (AvgIpc) is 3.64. The molecule has 0 unspecified atom stereocenters. The molecule has 0 aliphatic carbocycles. The molecule has 0 aliphatic heterocycles. The summed E-state index contributed by atoms with van der Waals surface area (Å²) in [5.41, 5.74) is 11.7. The molecule has 0 spiro atoms. The van der Waals surface area contributed by atoms with E-state index in [-0.39, 0.29) is 0 Å². The van der Waals surface area contributed by atoms with E-state index in [4.69, 9.17) is 0 Å². The molecule has 0 saturated heterocycles. The van der Waals surface area contributed by atoms with Crippen LogP contribution in [0.15, 0.2) is 170 Å². The number of nitrogens with zero attached hydrogens (tertiary/aromatic N) is 3. The molecule has 8 aromatic rings. The largest absolute Gasteiger partial charge is 0.309 e. The van der Waals surface area contributed by atoms with Crippen molar-refractivity contribution < 1.29 is 0 Å². The molecule has 6 aromatic carbocycles. The van der Waals surface area contributed by atoms with Crippen LogP contribution in [-0.2, 0) is 0 Å². The number of fused-ring (bicyclic) bond motifs is 6. The number of para-hydroxylation sites is 4. The first-order chi connectivity index (χ1) is 23.2. The van der Waals surface area contributed by atoms with Crippen LogP contribution in [0.5, 0.6) is 0 Å². The van der Waals surface area contributed by atoms with Gasteiger partial charge in [-0.2, -0.15) is 5.26 Å². The van der Waals surface area contributed by atoms with Gasteiger partial charge in [-0.15, -0.1) is 0 Å². The molecule has 0 saturated carbocycles. The first kappa shape index (κ1) is 28.1. The van der Waals surface area contributed by atoms with E-state index in [1.165, 1.54) is 32.6 Å². The fourth-order valence-electron chi connectivity index (χ4n) is 6.96. The second-order valence-corrected chi connectivity index (χ2v) is 11.8. The molecule has 0 bridgehead atoms. The summed E-state index contributed by atoms with van der Waals surface area (Å²) in [6, 6.07) is 52.2. The molecule has 2 heterocycles. The van der Waals surface area contributed by atoms with Gasteiger partial charge in [0, 0.05) is 32.8 Å². The minimum atomic E-state index is 0.568. The minimum absolute atomic E-state index is 0.568. The summed E-state index contributed by atoms with van der Waals surface area (Å²) in [5.74, 6) is 0. The maximum absolute atomic E-state index is 9.71. The van der Waals surface area contributed by atoms with E-state index in [2.05, 4.69) is 168 Å². The molecule has 47 heavy (non-hydrogen) atoms. The highest BCUT2D eigenvalue weighted by atomic mass is 15.0. The van der Waals surface area contributed by atoms with Gasteiger partial charge in [-0.3, -0.25) is 0 Å². The Morgan fingerprint density at radius 1 is 0.617 bits per heavy atom. The standard InChI is InChI=1S/C44H31N3/c1-3-13-31(29-45)26-30(2)32-24-25-35(44(28-32)47-42-22-10-6-18-38(42)39-19-7-11-23-43(39)47)33-14-12-15-34(27-33)46-40-20-8-4-16-36(40)37-17-5-9-21-41(37)46/h3-28H,1H2,2H3/b30-26+,31-13+. The zero-order chi connectivity index (χ0) is 31.9. The molecule has 222 valence electrons. The van der Waals surface area contributed by atoms with Crippen molar-refractivity contribution >= 4 is 49.2 Å². The molecular weight excluding hydrogens is 571 g/mol. The quantitative estimate of drug-likeness (QED) is 0.138. The van der Waals surface area contributed by atoms with Crippen molar-refractivity contribution in [1.29, 1.82) is 5.26 Å². The molecule has 0 aliphatic rings. The summed E-state index contributed by atoms with van der Waals surface area (Å²) in [6.07, 6.45) is 5.32. The van der Waals surface area contributed by atoms with E-state index in [0.717, 1.165) is 44.7 Å². The molecule has 0 N–H and O–H groups in total. The summed E-state index contributed by atoms with van der Waals surface area (Å²) < 4.78 is 4.75. The Kier molecular flexibility index (Phi) is 6.90. The van der Waals surface area contributed by atoms with Gasteiger partial charge in [0.2, 0.25) is 0 Å². The molecule has 0 fully saturated rings. The SMILES string of the molecule is C=C/C=C(C#N)\C=C(/C)c1ccc(-c2cccc(-n3c4ccccc4c4ccccc43)c2)c(-n2c3ccccc3c3ccccc32)c1. The maximum Gasteiger partial charge on any atom is 0.0991 e. The molecule has 0 radical (unpaired) electrons. The second kappa shape index (κ2) is 11.5. The van der Waals surface area contributed by atoms with E-state index >= 15 is 0 Å². The van der Waals surface area contributed by atoms with Gasteiger partial charge in [0.05, 0.1) is 39.4 Å². The van der Waals surface area contributed by atoms with Crippen LogP contribution in [-0.4, -0.2) is 9.13 Å². The maximum atomic E-state index is 9.71. The average molecular weight is 602 g/mol. The summed E-state index contributed by atoms with van der Waals surface area (Å²) in [6.45, 7) is 5.83. The van der Waals surface area contributed by atoms with Crippen LogP contribution >= 0.6 is 0 Å². The normalized spacial score (nSPS) is 12.3. The minimum Gasteiger partial charge on any atom is -0.309 e. The van der Waals surface area contributed by atoms with Gasteiger partial charge < -0.3 is 9.13 Å². The number of hydrogen-bond donors (Lipinski definition) is 0. The monoisotopic (exact) mass is 601 g/mol. The summed E-state index contributed by atoms with van der Waals surface area (Å²) in [7, 11) is 0. The number of hydrogen-bond acceptors (Lipinski definition) is 1. The fraction of sp³-hybridized carbons (Fsp3) is 0.0227. The van der Waals surface area contributed by atoms with Gasteiger partial charge in [-0.05, 0) is 78.2 Å². The smallest absolute Gasteiger partial charge is 0.0991 e. The number of benzene rings is 6. The first-order valence-corrected chi connectivity index (χ1v) is 15.8. The van der Waals surface area contributed by atoms with E-state index in [0.29, 0.717) is 5.57 Å². The Balaban J connectivity index is 1.40. The van der Waals surface area contributed by atoms with Crippen LogP contribution in [0.4, 0.5) is 0 Å². The van der Waals surface area contributed by atoms with Crippen molar-refractivity contribution in [3.8, 4) is 28.6 Å². The third-order valence-electron chi connectivity index (χ3n) is 9.07. The third-order valence-corrected chi connectivity index (χ3v) is 9.07. The fourth-order valence-corrected chi connectivity index (χ4v) is 6.96. The lowest BCUT2D eigenvalue weighted by Gasteiger charge is -2.17. The van der Waals surface area contributed by atoms with Crippen molar-refractivity contribution in [3.05, 3.63) is 175 Å². The van der Waals surface area contributed by atoms with Gasteiger partial charge in [-0.1, -0.05) is 110 Å². The molecule has 0 atom stereocenters. The Morgan fingerprint density at radius 3 is 1.68 bits per heavy atom. The number of aromatic nitrogens is 2. The Hall–Kier alpha value is -6.37. The highest BCUT2D eigenvalue weighted by molar-refractivity contribution is 6.10. The molecule has 2 aromatic heterocycles. The predicted octanol–water partition coefficient (Wildman–Crippen LogP) is 11.6. The number of allylic oxidation sites excluding steroid dienone is 5. The van der Waals surface area contributed by atoms with Gasteiger partial charge >= 0.3 is 0 Å². The third kappa shape index (κ3) is 4.67. The molecule has 3 nitrogen and oxygen atoms in total. The van der Waals surface area contributed by atoms with Gasteiger partial charge in [-0.25, -0.2) is 0 Å². The van der Waals surface area contributed by atoms with Crippen molar-refractivity contribution in [2.75, 3.05) is 0 Å². The lowest BCUT2D eigenvalue weighted by molar-refractivity contribution is 1.17. The first-order valence-electron chi connectivity index (χ1n) is 15.8. The lowest BCUT2D eigenvalue weighted by Crippen LogP contribution is -2.00. The van der Waals surface area contributed by atoms with Crippen molar-refractivity contribution in [1.82, 2.24) is 9.13 Å². The van der Waals surface area contributed by atoms with Crippen molar-refractivity contribution in [3.63, 3.8) is 0 Å². The van der Waals surface area contributed by atoms with Gasteiger partial charge in [0.1, 0.15) is 0 Å². The number of rotatable bonds is 6. The molecule has 8 rings (SSSR count). The highest BCUT2D eigenvalue weighted by Gasteiger charge is 2.18. The zero-order valence-electron chi connectivity index (χ0n) is 26.1. The van der Waals surface area contributed by atoms with Crippen LogP contribution in [0.2, 0.25) is 0 Å². The topological polar surface area (TPSA) is 33.6 Å². The Morgan fingerprint density at radius 2 is 1.15 bits per heavy atom. The Bertz CT molecular complexity index is 2510. The van der Waals surface area contributed by atoms with Crippen molar-refractivity contribution in [2.45, 2.75) is 6.92 Å². The molecule has 0 amide bonds. The zero-order valence-corrected chi connectivity index (χ0v) is 26.1. The van der Waals surface area contributed by atoms with Gasteiger partial charge in [0.25, 0.3) is 0 Å². The highest BCUT2D eigenvalue weighted by Crippen LogP contribution is 2.39. The predicted molar refractivity (Wildman–Crippen MR) is 198 cm³/mol.